The number of imide groups is 3. The Labute approximate surface area is 359 Å². The van der Waals surface area contributed by atoms with Gasteiger partial charge in [-0.3, -0.25) is 38.5 Å². The van der Waals surface area contributed by atoms with Crippen LogP contribution in [0.4, 0.5) is 0 Å². The summed E-state index contributed by atoms with van der Waals surface area (Å²) in [4.78, 5) is 115. The van der Waals surface area contributed by atoms with Crippen LogP contribution in [0.3, 0.4) is 0 Å². The summed E-state index contributed by atoms with van der Waals surface area (Å²) >= 11 is 6.01. The summed E-state index contributed by atoms with van der Waals surface area (Å²) in [7, 11) is -5.07. The Kier molecular flexibility index (Phi) is 18.9. The monoisotopic (exact) mass is 890 g/mol. The van der Waals surface area contributed by atoms with Crippen LogP contribution in [0.15, 0.2) is 41.7 Å². The molecule has 2 aromatic rings. The second-order valence-corrected chi connectivity index (χ2v) is 17.6. The van der Waals surface area contributed by atoms with E-state index in [1.54, 1.807) is 20.8 Å². The van der Waals surface area contributed by atoms with E-state index in [1.807, 2.05) is 13.8 Å². The highest BCUT2D eigenvalue weighted by molar-refractivity contribution is 7.90. The number of carboxylic acid groups (broad SMARTS) is 1. The van der Waals surface area contributed by atoms with Gasteiger partial charge in [-0.05, 0) is 55.2 Å². The number of rotatable bonds is 19. The summed E-state index contributed by atoms with van der Waals surface area (Å²) in [6.07, 6.45) is 7.69. The van der Waals surface area contributed by atoms with Gasteiger partial charge in [0.2, 0.25) is 17.7 Å². The Bertz CT molecular complexity index is 2050. The summed E-state index contributed by atoms with van der Waals surface area (Å²) in [5.41, 5.74) is 5.45. The first-order valence-corrected chi connectivity index (χ1v) is 22.0. The predicted octanol–water partition coefficient (Wildman–Crippen LogP) is 2.47. The van der Waals surface area contributed by atoms with E-state index in [0.29, 0.717) is 25.3 Å². The van der Waals surface area contributed by atoms with Crippen LogP contribution in [-0.2, 0) is 38.8 Å². The highest BCUT2D eigenvalue weighted by Crippen LogP contribution is 2.28. The Morgan fingerprint density at radius 2 is 1.59 bits per heavy atom. The molecule has 21 heteroatoms. The van der Waals surface area contributed by atoms with Gasteiger partial charge in [0, 0.05) is 24.9 Å². The van der Waals surface area contributed by atoms with Crippen molar-refractivity contribution in [3.05, 3.63) is 53.1 Å². The first kappa shape index (κ1) is 50.0. The molecule has 0 radical (unpaired) electrons. The molecule has 334 valence electrons. The van der Waals surface area contributed by atoms with Gasteiger partial charge in [-0.15, -0.1) is 0 Å². The standard InChI is InChI=1S/C40H55ClN8O11S/c1-6-23(5)33(47-34(51)28(17-22(3)4)45-35(52)30-21-43-15-16-44-30)36(53)46-29(18-24-11-9-8-10-12-24)38(55)49(32(50)20-26(42)7-2)39(56)37(54)48-61(59,60)31-19-25(40(57)58)13-14-27(31)41/h13-16,19,21-24,26,28-29,33H,6-12,17-18,20,42H2,1-5H3,(H,45,52)(H,46,53)(H,47,51)(H,48,54)(H,57,58)/t23-,26?,28-,29-,33-/m0/s1. The van der Waals surface area contributed by atoms with Gasteiger partial charge in [-0.2, -0.15) is 0 Å². The molecule has 5 atom stereocenters. The molecule has 61 heavy (non-hydrogen) atoms. The third-order valence-corrected chi connectivity index (χ3v) is 12.2. The summed E-state index contributed by atoms with van der Waals surface area (Å²) in [6.45, 7) is 8.73. The van der Waals surface area contributed by atoms with Gasteiger partial charge in [0.25, 0.3) is 21.8 Å². The van der Waals surface area contributed by atoms with Crippen LogP contribution < -0.4 is 26.4 Å². The molecule has 1 unspecified atom stereocenters. The van der Waals surface area contributed by atoms with Gasteiger partial charge in [-0.25, -0.2) is 27.8 Å². The average Bonchev–Trinajstić information content (AvgIpc) is 3.21. The molecule has 0 bridgehead atoms. The maximum Gasteiger partial charge on any atom is 0.335 e. The fraction of sp³-hybridized carbons (Fsp3) is 0.550. The average molecular weight is 891 g/mol. The van der Waals surface area contributed by atoms with Gasteiger partial charge in [-0.1, -0.05) is 84.7 Å². The van der Waals surface area contributed by atoms with E-state index in [-0.39, 0.29) is 41.7 Å². The summed E-state index contributed by atoms with van der Waals surface area (Å²) in [6, 6.07) is -2.37. The molecule has 7 N–H and O–H groups in total. The van der Waals surface area contributed by atoms with Crippen LogP contribution in [0.1, 0.15) is 120 Å². The van der Waals surface area contributed by atoms with E-state index in [2.05, 4.69) is 25.9 Å². The van der Waals surface area contributed by atoms with E-state index in [9.17, 15) is 51.9 Å². The minimum absolute atomic E-state index is 0.0407. The van der Waals surface area contributed by atoms with E-state index >= 15 is 0 Å². The molecule has 1 fully saturated rings. The highest BCUT2D eigenvalue weighted by atomic mass is 35.5. The third kappa shape index (κ3) is 14.4. The van der Waals surface area contributed by atoms with Crippen molar-refractivity contribution < 1.29 is 51.9 Å². The van der Waals surface area contributed by atoms with E-state index < -0.39 is 109 Å². The molecule has 1 aromatic heterocycles. The summed E-state index contributed by atoms with van der Waals surface area (Å²) < 4.78 is 28.0. The summed E-state index contributed by atoms with van der Waals surface area (Å²) in [5, 5.41) is 16.8. The first-order valence-electron chi connectivity index (χ1n) is 20.1. The van der Waals surface area contributed by atoms with Crippen molar-refractivity contribution in [2.75, 3.05) is 0 Å². The number of sulfonamides is 1. The number of carboxylic acids is 1. The molecule has 0 saturated heterocycles. The van der Waals surface area contributed by atoms with Crippen molar-refractivity contribution in [3.63, 3.8) is 0 Å². The number of hydrogen-bond acceptors (Lipinski definition) is 13. The normalized spacial score (nSPS) is 15.6. The lowest BCUT2D eigenvalue weighted by Crippen LogP contribution is -2.61. The molecule has 19 nitrogen and oxygen atoms in total. The number of halogens is 1. The quantitative estimate of drug-likeness (QED) is 0.111. The molecule has 3 rings (SSSR count). The third-order valence-electron chi connectivity index (χ3n) is 10.3. The molecular weight excluding hydrogens is 836 g/mol. The molecule has 1 aliphatic carbocycles. The van der Waals surface area contributed by atoms with Gasteiger partial charge >= 0.3 is 17.8 Å². The maximum atomic E-state index is 14.6. The van der Waals surface area contributed by atoms with Crippen LogP contribution in [-0.4, -0.2) is 99.9 Å². The highest BCUT2D eigenvalue weighted by Gasteiger charge is 2.42. The molecule has 0 spiro atoms. The van der Waals surface area contributed by atoms with Crippen molar-refractivity contribution >= 4 is 68.9 Å². The Morgan fingerprint density at radius 1 is 0.918 bits per heavy atom. The van der Waals surface area contributed by atoms with Crippen LogP contribution in [0.5, 0.6) is 0 Å². The van der Waals surface area contributed by atoms with Crippen molar-refractivity contribution in [3.8, 4) is 0 Å². The lowest BCUT2D eigenvalue weighted by Gasteiger charge is -2.32. The van der Waals surface area contributed by atoms with E-state index in [0.717, 1.165) is 31.4 Å². The molecule has 7 amide bonds. The number of benzene rings is 1. The van der Waals surface area contributed by atoms with Crippen LogP contribution in [0, 0.1) is 17.8 Å². The number of hydrogen-bond donors (Lipinski definition) is 6. The fourth-order valence-corrected chi connectivity index (χ4v) is 8.13. The minimum atomic E-state index is -5.07. The van der Waals surface area contributed by atoms with Crippen LogP contribution in [0.2, 0.25) is 5.02 Å². The Hall–Kier alpha value is -5.34. The predicted molar refractivity (Wildman–Crippen MR) is 221 cm³/mol. The molecule has 1 aromatic carbocycles. The number of carbonyl (C=O) groups is 8. The van der Waals surface area contributed by atoms with Crippen molar-refractivity contribution in [2.45, 2.75) is 128 Å². The molecule has 1 heterocycles. The molecule has 0 aliphatic heterocycles. The van der Waals surface area contributed by atoms with Crippen LogP contribution in [0.25, 0.3) is 0 Å². The number of amides is 7. The first-order chi connectivity index (χ1) is 28.7. The van der Waals surface area contributed by atoms with Crippen molar-refractivity contribution in [1.82, 2.24) is 35.5 Å². The fourth-order valence-electron chi connectivity index (χ4n) is 6.66. The van der Waals surface area contributed by atoms with Gasteiger partial charge in [0.1, 0.15) is 28.7 Å². The zero-order chi connectivity index (χ0) is 45.6. The smallest absolute Gasteiger partial charge is 0.335 e. The van der Waals surface area contributed by atoms with Crippen LogP contribution >= 0.6 is 11.6 Å². The number of nitrogens with zero attached hydrogens (tertiary/aromatic N) is 3. The number of aromatic carboxylic acids is 1. The topological polar surface area (TPSA) is 294 Å². The lowest BCUT2D eigenvalue weighted by atomic mass is 9.84. The van der Waals surface area contributed by atoms with E-state index in [4.69, 9.17) is 17.3 Å². The second kappa shape index (κ2) is 23.0. The zero-order valence-corrected chi connectivity index (χ0v) is 36.4. The van der Waals surface area contributed by atoms with Gasteiger partial charge in [0.15, 0.2) is 0 Å². The zero-order valence-electron chi connectivity index (χ0n) is 34.8. The maximum absolute atomic E-state index is 14.6. The second-order valence-electron chi connectivity index (χ2n) is 15.5. The number of nitrogens with two attached hydrogens (primary N) is 1. The van der Waals surface area contributed by atoms with E-state index in [1.165, 1.54) is 23.3 Å². The minimum Gasteiger partial charge on any atom is -0.478 e. The Balaban J connectivity index is 2.01. The lowest BCUT2D eigenvalue weighted by molar-refractivity contribution is -0.160. The number of carbonyl (C=O) groups excluding carboxylic acids is 7. The largest absolute Gasteiger partial charge is 0.478 e. The van der Waals surface area contributed by atoms with Gasteiger partial charge in [0.05, 0.1) is 16.8 Å². The van der Waals surface area contributed by atoms with Crippen molar-refractivity contribution in [1.29, 1.82) is 0 Å². The molecular formula is C40H55ClN8O11S. The number of aromatic nitrogens is 2. The summed E-state index contributed by atoms with van der Waals surface area (Å²) in [5.74, 6) is -11.1. The molecule has 1 aliphatic rings. The van der Waals surface area contributed by atoms with Crippen molar-refractivity contribution in [2.24, 2.45) is 23.5 Å². The molecule has 1 saturated carbocycles. The van der Waals surface area contributed by atoms with Gasteiger partial charge < -0.3 is 26.8 Å². The Morgan fingerprint density at radius 3 is 2.16 bits per heavy atom. The number of nitrogens with one attached hydrogen (secondary N) is 4. The SMILES string of the molecule is CCC(N)CC(=O)N(C(=O)C(=O)NS(=O)(=O)c1cc(C(=O)O)ccc1Cl)C(=O)[C@H](CC1CCCCC1)NC(=O)[C@@H](NC(=O)[C@H](CC(C)C)NC(=O)c1cnccn1)[C@@H](C)CC.